The second kappa shape index (κ2) is 6.72. The van der Waals surface area contributed by atoms with Crippen molar-refractivity contribution >= 4 is 17.5 Å². The van der Waals surface area contributed by atoms with Crippen molar-refractivity contribution in [3.63, 3.8) is 0 Å². The van der Waals surface area contributed by atoms with Crippen LogP contribution >= 0.6 is 0 Å². The van der Waals surface area contributed by atoms with Crippen LogP contribution in [0.15, 0.2) is 30.3 Å². The van der Waals surface area contributed by atoms with E-state index in [1.807, 2.05) is 30.3 Å². The number of carbonyl (C=O) groups excluding carboxylic acids is 2. The average molecular weight is 289 g/mol. The monoisotopic (exact) mass is 289 g/mol. The molecule has 114 valence electrons. The molecule has 0 atom stereocenters. The van der Waals surface area contributed by atoms with E-state index in [-0.39, 0.29) is 18.4 Å². The third kappa shape index (κ3) is 4.04. The highest BCUT2D eigenvalue weighted by Gasteiger charge is 2.37. The first-order chi connectivity index (χ1) is 10.0. The van der Waals surface area contributed by atoms with E-state index in [1.165, 1.54) is 4.90 Å². The van der Waals surface area contributed by atoms with E-state index < -0.39 is 5.54 Å². The smallest absolute Gasteiger partial charge is 0.243 e. The molecule has 1 aromatic rings. The van der Waals surface area contributed by atoms with Gasteiger partial charge in [0.05, 0.1) is 12.1 Å². The zero-order valence-corrected chi connectivity index (χ0v) is 12.5. The fourth-order valence-corrected chi connectivity index (χ4v) is 2.79. The Morgan fingerprint density at radius 2 is 1.81 bits per heavy atom. The van der Waals surface area contributed by atoms with Gasteiger partial charge < -0.3 is 16.0 Å². The minimum absolute atomic E-state index is 0.0205. The predicted molar refractivity (Wildman–Crippen MR) is 82.7 cm³/mol. The second-order valence-corrected chi connectivity index (χ2v) is 5.79. The number of hydrogen-bond donors (Lipinski definition) is 2. The maximum absolute atomic E-state index is 12.4. The van der Waals surface area contributed by atoms with Crippen LogP contribution in [-0.4, -0.2) is 35.8 Å². The molecule has 3 N–H and O–H groups in total. The Hall–Kier alpha value is -1.88. The molecule has 1 aliphatic carbocycles. The number of amides is 2. The molecule has 2 rings (SSSR count). The molecule has 21 heavy (non-hydrogen) atoms. The van der Waals surface area contributed by atoms with E-state index in [1.54, 1.807) is 7.05 Å². The van der Waals surface area contributed by atoms with Gasteiger partial charge in [0, 0.05) is 12.7 Å². The number of hydrogen-bond acceptors (Lipinski definition) is 3. The van der Waals surface area contributed by atoms with Gasteiger partial charge in [0.2, 0.25) is 11.8 Å². The predicted octanol–water partition coefficient (Wildman–Crippen LogP) is 1.75. The molecule has 0 radical (unpaired) electrons. The van der Waals surface area contributed by atoms with E-state index in [9.17, 15) is 9.59 Å². The zero-order valence-electron chi connectivity index (χ0n) is 12.5. The molecule has 2 amide bonds. The van der Waals surface area contributed by atoms with Gasteiger partial charge in [-0.3, -0.25) is 9.59 Å². The first kappa shape index (κ1) is 15.5. The van der Waals surface area contributed by atoms with Crippen LogP contribution in [0.4, 0.5) is 5.69 Å². The summed E-state index contributed by atoms with van der Waals surface area (Å²) in [5.41, 5.74) is 6.14. The van der Waals surface area contributed by atoms with E-state index in [0.29, 0.717) is 12.8 Å². The number of likely N-dealkylation sites (N-methyl/N-ethyl adjacent to an activating group) is 1. The van der Waals surface area contributed by atoms with Crippen molar-refractivity contribution < 1.29 is 9.59 Å². The van der Waals surface area contributed by atoms with Crippen molar-refractivity contribution in [3.05, 3.63) is 30.3 Å². The topological polar surface area (TPSA) is 75.4 Å². The van der Waals surface area contributed by atoms with Crippen LogP contribution in [0.25, 0.3) is 0 Å². The molecule has 0 aliphatic heterocycles. The molecule has 0 saturated heterocycles. The Balaban J connectivity index is 1.89. The van der Waals surface area contributed by atoms with Crippen LogP contribution in [-0.2, 0) is 9.59 Å². The van der Waals surface area contributed by atoms with Crippen molar-refractivity contribution in [3.8, 4) is 0 Å². The number of nitrogens with zero attached hydrogens (tertiary/aromatic N) is 1. The third-order valence-corrected chi connectivity index (χ3v) is 3.96. The summed E-state index contributed by atoms with van der Waals surface area (Å²) in [6.45, 7) is 0.0205. The molecule has 5 nitrogen and oxygen atoms in total. The van der Waals surface area contributed by atoms with Crippen LogP contribution < -0.4 is 11.1 Å². The Morgan fingerprint density at radius 1 is 1.19 bits per heavy atom. The molecule has 0 heterocycles. The van der Waals surface area contributed by atoms with Crippen LogP contribution in [0, 0.1) is 0 Å². The zero-order chi connectivity index (χ0) is 15.3. The fourth-order valence-electron chi connectivity index (χ4n) is 2.79. The number of nitrogens with two attached hydrogens (primary N) is 1. The number of carbonyl (C=O) groups is 2. The van der Waals surface area contributed by atoms with E-state index in [4.69, 9.17) is 5.73 Å². The fraction of sp³-hybridized carbons (Fsp3) is 0.500. The summed E-state index contributed by atoms with van der Waals surface area (Å²) < 4.78 is 0. The van der Waals surface area contributed by atoms with Crippen molar-refractivity contribution in [1.29, 1.82) is 0 Å². The van der Waals surface area contributed by atoms with Gasteiger partial charge >= 0.3 is 0 Å². The Bertz CT molecular complexity index is 496. The number of para-hydroxylation sites is 1. The lowest BCUT2D eigenvalue weighted by atomic mass is 9.81. The third-order valence-electron chi connectivity index (χ3n) is 3.96. The van der Waals surface area contributed by atoms with Gasteiger partial charge in [0.15, 0.2) is 0 Å². The molecular weight excluding hydrogens is 266 g/mol. The van der Waals surface area contributed by atoms with Crippen LogP contribution in [0.5, 0.6) is 0 Å². The maximum Gasteiger partial charge on any atom is 0.243 e. The number of anilines is 1. The van der Waals surface area contributed by atoms with E-state index in [0.717, 1.165) is 24.9 Å². The SMILES string of the molecule is CN(CC(=O)Nc1ccccc1)C(=O)C1(N)CCCCC1. The van der Waals surface area contributed by atoms with Crippen molar-refractivity contribution in [2.24, 2.45) is 5.73 Å². The molecular formula is C16H23N3O2. The minimum atomic E-state index is -0.792. The highest BCUT2D eigenvalue weighted by atomic mass is 16.2. The van der Waals surface area contributed by atoms with Gasteiger partial charge in [-0.25, -0.2) is 0 Å². The lowest BCUT2D eigenvalue weighted by Gasteiger charge is -2.35. The molecule has 0 unspecified atom stereocenters. The Morgan fingerprint density at radius 3 is 2.43 bits per heavy atom. The van der Waals surface area contributed by atoms with Crippen molar-refractivity contribution in [2.75, 3.05) is 18.9 Å². The molecule has 0 bridgehead atoms. The standard InChI is InChI=1S/C16H23N3O2/c1-19(15(21)16(17)10-6-3-7-11-16)12-14(20)18-13-8-4-2-5-9-13/h2,4-5,8-9H,3,6-7,10-12,17H2,1H3,(H,18,20). The molecule has 1 saturated carbocycles. The lowest BCUT2D eigenvalue weighted by Crippen LogP contribution is -2.56. The summed E-state index contributed by atoms with van der Waals surface area (Å²) in [5, 5.41) is 2.77. The van der Waals surface area contributed by atoms with E-state index >= 15 is 0 Å². The average Bonchev–Trinajstić information content (AvgIpc) is 2.48. The summed E-state index contributed by atoms with van der Waals surface area (Å²) in [6, 6.07) is 9.20. The Kier molecular flexibility index (Phi) is 4.96. The largest absolute Gasteiger partial charge is 0.335 e. The number of rotatable bonds is 4. The molecule has 1 aromatic carbocycles. The normalized spacial score (nSPS) is 17.0. The van der Waals surface area contributed by atoms with Gasteiger partial charge in [-0.1, -0.05) is 37.5 Å². The molecule has 0 aromatic heterocycles. The Labute approximate surface area is 125 Å². The number of nitrogens with one attached hydrogen (secondary N) is 1. The minimum Gasteiger partial charge on any atom is -0.335 e. The second-order valence-electron chi connectivity index (χ2n) is 5.79. The summed E-state index contributed by atoms with van der Waals surface area (Å²) >= 11 is 0. The van der Waals surface area contributed by atoms with Crippen molar-refractivity contribution in [2.45, 2.75) is 37.6 Å². The first-order valence-corrected chi connectivity index (χ1v) is 7.41. The summed E-state index contributed by atoms with van der Waals surface area (Å²) in [5.74, 6) is -0.345. The molecule has 0 spiro atoms. The van der Waals surface area contributed by atoms with E-state index in [2.05, 4.69) is 5.32 Å². The highest BCUT2D eigenvalue weighted by molar-refractivity contribution is 5.96. The maximum atomic E-state index is 12.4. The van der Waals surface area contributed by atoms with Crippen LogP contribution in [0.1, 0.15) is 32.1 Å². The lowest BCUT2D eigenvalue weighted by molar-refractivity contribution is -0.139. The summed E-state index contributed by atoms with van der Waals surface area (Å²) in [7, 11) is 1.64. The molecule has 5 heteroatoms. The van der Waals surface area contributed by atoms with Crippen molar-refractivity contribution in [1.82, 2.24) is 4.90 Å². The first-order valence-electron chi connectivity index (χ1n) is 7.41. The summed E-state index contributed by atoms with van der Waals surface area (Å²) in [4.78, 5) is 25.8. The van der Waals surface area contributed by atoms with Gasteiger partial charge in [-0.05, 0) is 25.0 Å². The number of benzene rings is 1. The van der Waals surface area contributed by atoms with Gasteiger partial charge in [0.25, 0.3) is 0 Å². The quantitative estimate of drug-likeness (QED) is 0.886. The van der Waals surface area contributed by atoms with Crippen LogP contribution in [0.3, 0.4) is 0 Å². The van der Waals surface area contributed by atoms with Gasteiger partial charge in [-0.2, -0.15) is 0 Å². The van der Waals surface area contributed by atoms with Crippen LogP contribution in [0.2, 0.25) is 0 Å². The molecule has 1 fully saturated rings. The molecule has 1 aliphatic rings. The van der Waals surface area contributed by atoms with Gasteiger partial charge in [0.1, 0.15) is 0 Å². The summed E-state index contributed by atoms with van der Waals surface area (Å²) in [6.07, 6.45) is 4.50. The highest BCUT2D eigenvalue weighted by Crippen LogP contribution is 2.27. The van der Waals surface area contributed by atoms with Gasteiger partial charge in [-0.15, -0.1) is 0 Å².